The minimum atomic E-state index is -1.25. The quantitative estimate of drug-likeness (QED) is 0.673. The van der Waals surface area contributed by atoms with Gasteiger partial charge in [0, 0.05) is 5.41 Å². The largest absolute Gasteiger partial charge is 0.479 e. The lowest BCUT2D eigenvalue weighted by molar-refractivity contribution is -0.156. The first-order chi connectivity index (χ1) is 5.31. The number of aliphatic carboxylic acids is 1. The van der Waals surface area contributed by atoms with Crippen LogP contribution in [0.4, 0.5) is 0 Å². The molecule has 0 aromatic heterocycles. The second kappa shape index (κ2) is 2.46. The minimum Gasteiger partial charge on any atom is -0.479 e. The Morgan fingerprint density at radius 2 is 1.92 bits per heavy atom. The predicted molar refractivity (Wildman–Crippen MR) is 44.8 cm³/mol. The van der Waals surface area contributed by atoms with Gasteiger partial charge >= 0.3 is 5.97 Å². The third-order valence-corrected chi connectivity index (χ3v) is 3.47. The van der Waals surface area contributed by atoms with Crippen molar-refractivity contribution in [3.05, 3.63) is 0 Å². The van der Waals surface area contributed by atoms with Crippen molar-refractivity contribution in [1.82, 2.24) is 0 Å². The van der Waals surface area contributed by atoms with E-state index in [0.717, 1.165) is 12.8 Å². The lowest BCUT2D eigenvalue weighted by atomic mass is 9.72. The third-order valence-electron chi connectivity index (χ3n) is 3.47. The van der Waals surface area contributed by atoms with Crippen LogP contribution in [-0.2, 0) is 4.79 Å². The van der Waals surface area contributed by atoms with Gasteiger partial charge in [0.1, 0.15) is 0 Å². The van der Waals surface area contributed by atoms with Gasteiger partial charge in [0.2, 0.25) is 0 Å². The van der Waals surface area contributed by atoms with Crippen LogP contribution in [-0.4, -0.2) is 22.3 Å². The van der Waals surface area contributed by atoms with Gasteiger partial charge in [0.15, 0.2) is 6.10 Å². The van der Waals surface area contributed by atoms with E-state index in [9.17, 15) is 9.90 Å². The summed E-state index contributed by atoms with van der Waals surface area (Å²) in [5, 5.41) is 18.1. The molecule has 1 fully saturated rings. The Labute approximate surface area is 72.4 Å². The number of carbonyl (C=O) groups is 1. The first-order valence-corrected chi connectivity index (χ1v) is 4.22. The summed E-state index contributed by atoms with van der Waals surface area (Å²) in [6.45, 7) is 5.66. The fourth-order valence-electron chi connectivity index (χ4n) is 1.47. The summed E-state index contributed by atoms with van der Waals surface area (Å²) in [7, 11) is 0. The van der Waals surface area contributed by atoms with Gasteiger partial charge < -0.3 is 10.2 Å². The van der Waals surface area contributed by atoms with Crippen LogP contribution in [0.1, 0.15) is 33.6 Å². The molecule has 0 aliphatic heterocycles. The number of aliphatic hydroxyl groups excluding tert-OH is 1. The molecule has 3 nitrogen and oxygen atoms in total. The fraction of sp³-hybridized carbons (Fsp3) is 0.889. The van der Waals surface area contributed by atoms with E-state index >= 15 is 0 Å². The summed E-state index contributed by atoms with van der Waals surface area (Å²) >= 11 is 0. The summed E-state index contributed by atoms with van der Waals surface area (Å²) < 4.78 is 0. The minimum absolute atomic E-state index is 0.0187. The Kier molecular flexibility index (Phi) is 1.95. The smallest absolute Gasteiger partial charge is 0.333 e. The highest BCUT2D eigenvalue weighted by Gasteiger charge is 2.55. The van der Waals surface area contributed by atoms with Gasteiger partial charge in [0.25, 0.3) is 0 Å². The number of carboxylic acids is 1. The van der Waals surface area contributed by atoms with Crippen LogP contribution in [0.25, 0.3) is 0 Å². The van der Waals surface area contributed by atoms with Crippen LogP contribution < -0.4 is 0 Å². The Bertz CT molecular complexity index is 204. The molecule has 3 heteroatoms. The topological polar surface area (TPSA) is 57.5 Å². The highest BCUT2D eigenvalue weighted by atomic mass is 16.4. The van der Waals surface area contributed by atoms with Crippen molar-refractivity contribution in [3.8, 4) is 0 Å². The van der Waals surface area contributed by atoms with Crippen LogP contribution in [0.3, 0.4) is 0 Å². The molecular formula is C9H16O3. The molecule has 1 aliphatic carbocycles. The third kappa shape index (κ3) is 1.22. The van der Waals surface area contributed by atoms with Crippen molar-refractivity contribution in [2.24, 2.45) is 10.8 Å². The Morgan fingerprint density at radius 3 is 2.17 bits per heavy atom. The Balaban J connectivity index is 2.77. The van der Waals surface area contributed by atoms with Crippen LogP contribution in [0.5, 0.6) is 0 Å². The zero-order valence-electron chi connectivity index (χ0n) is 7.79. The normalized spacial score (nSPS) is 23.3. The van der Waals surface area contributed by atoms with Gasteiger partial charge in [-0.1, -0.05) is 20.8 Å². The van der Waals surface area contributed by atoms with Crippen molar-refractivity contribution in [1.29, 1.82) is 0 Å². The first-order valence-electron chi connectivity index (χ1n) is 4.22. The van der Waals surface area contributed by atoms with Crippen molar-refractivity contribution in [2.75, 3.05) is 0 Å². The summed E-state index contributed by atoms with van der Waals surface area (Å²) in [5.41, 5.74) is -0.496. The molecule has 12 heavy (non-hydrogen) atoms. The lowest BCUT2D eigenvalue weighted by Crippen LogP contribution is -2.42. The highest BCUT2D eigenvalue weighted by Crippen LogP contribution is 2.59. The van der Waals surface area contributed by atoms with E-state index in [4.69, 9.17) is 5.11 Å². The summed E-state index contributed by atoms with van der Waals surface area (Å²) in [6, 6.07) is 0. The average molecular weight is 172 g/mol. The van der Waals surface area contributed by atoms with E-state index in [0.29, 0.717) is 0 Å². The van der Waals surface area contributed by atoms with E-state index in [1.165, 1.54) is 0 Å². The van der Waals surface area contributed by atoms with Gasteiger partial charge in [-0.3, -0.25) is 0 Å². The van der Waals surface area contributed by atoms with Gasteiger partial charge in [-0.05, 0) is 18.3 Å². The monoisotopic (exact) mass is 172 g/mol. The maximum Gasteiger partial charge on any atom is 0.333 e. The molecule has 1 saturated carbocycles. The van der Waals surface area contributed by atoms with Crippen molar-refractivity contribution in [3.63, 3.8) is 0 Å². The molecular weight excluding hydrogens is 156 g/mol. The second-order valence-electron chi connectivity index (χ2n) is 4.52. The zero-order chi connectivity index (χ0) is 9.57. The van der Waals surface area contributed by atoms with Gasteiger partial charge in [-0.15, -0.1) is 0 Å². The highest BCUT2D eigenvalue weighted by molar-refractivity contribution is 5.73. The Hall–Kier alpha value is -0.570. The molecule has 1 unspecified atom stereocenters. The number of aliphatic hydroxyl groups is 1. The molecule has 2 N–H and O–H groups in total. The molecule has 1 rings (SSSR count). The van der Waals surface area contributed by atoms with E-state index in [2.05, 4.69) is 0 Å². The Morgan fingerprint density at radius 1 is 1.50 bits per heavy atom. The molecule has 0 bridgehead atoms. The van der Waals surface area contributed by atoms with E-state index in [1.807, 2.05) is 20.8 Å². The molecule has 1 aliphatic rings. The standard InChI is InChI=1S/C9H16O3/c1-8(2,6(10)7(11)12)9(3)4-5-9/h6,10H,4-5H2,1-3H3,(H,11,12). The number of hydrogen-bond donors (Lipinski definition) is 2. The number of carboxylic acid groups (broad SMARTS) is 1. The summed E-state index contributed by atoms with van der Waals surface area (Å²) in [4.78, 5) is 10.6. The van der Waals surface area contributed by atoms with Gasteiger partial charge in [-0.25, -0.2) is 4.79 Å². The SMILES string of the molecule is CC1(C(C)(C)C(O)C(=O)O)CC1. The molecule has 1 atom stereocenters. The van der Waals surface area contributed by atoms with Crippen molar-refractivity contribution >= 4 is 5.97 Å². The van der Waals surface area contributed by atoms with Crippen LogP contribution >= 0.6 is 0 Å². The number of hydrogen-bond acceptors (Lipinski definition) is 2. The molecule has 0 spiro atoms. The van der Waals surface area contributed by atoms with E-state index in [1.54, 1.807) is 0 Å². The van der Waals surface area contributed by atoms with Gasteiger partial charge in [-0.2, -0.15) is 0 Å². The first kappa shape index (κ1) is 9.52. The fourth-order valence-corrected chi connectivity index (χ4v) is 1.47. The molecule has 0 radical (unpaired) electrons. The zero-order valence-corrected chi connectivity index (χ0v) is 7.79. The van der Waals surface area contributed by atoms with Crippen LogP contribution in [0, 0.1) is 10.8 Å². The predicted octanol–water partition coefficient (Wildman–Crippen LogP) is 1.26. The molecule has 0 amide bonds. The second-order valence-corrected chi connectivity index (χ2v) is 4.52. The maximum absolute atomic E-state index is 10.6. The van der Waals surface area contributed by atoms with Crippen molar-refractivity contribution < 1.29 is 15.0 Å². The molecule has 0 saturated heterocycles. The van der Waals surface area contributed by atoms with E-state index in [-0.39, 0.29) is 5.41 Å². The average Bonchev–Trinajstić information content (AvgIpc) is 2.67. The number of rotatable bonds is 3. The molecule has 0 aromatic rings. The van der Waals surface area contributed by atoms with E-state index < -0.39 is 17.5 Å². The molecule has 0 aromatic carbocycles. The molecule has 0 heterocycles. The summed E-state index contributed by atoms with van der Waals surface area (Å²) in [5.74, 6) is -1.12. The van der Waals surface area contributed by atoms with Gasteiger partial charge in [0.05, 0.1) is 0 Å². The van der Waals surface area contributed by atoms with Crippen LogP contribution in [0.15, 0.2) is 0 Å². The van der Waals surface area contributed by atoms with Crippen LogP contribution in [0.2, 0.25) is 0 Å². The molecule has 70 valence electrons. The lowest BCUT2D eigenvalue weighted by Gasteiger charge is -2.34. The van der Waals surface area contributed by atoms with Crippen molar-refractivity contribution in [2.45, 2.75) is 39.7 Å². The maximum atomic E-state index is 10.6. The summed E-state index contributed by atoms with van der Waals surface area (Å²) in [6.07, 6.45) is 0.791.